The van der Waals surface area contributed by atoms with Crippen LogP contribution < -0.4 is 10.1 Å². The Kier molecular flexibility index (Phi) is 5.66. The van der Waals surface area contributed by atoms with Crippen molar-refractivity contribution in [3.8, 4) is 11.5 Å². The molecule has 8 nitrogen and oxygen atoms in total. The Morgan fingerprint density at radius 2 is 2.06 bits per heavy atom. The Labute approximate surface area is 206 Å². The summed E-state index contributed by atoms with van der Waals surface area (Å²) in [7, 11) is 1.57. The molecule has 4 aliphatic rings. The van der Waals surface area contributed by atoms with Crippen LogP contribution in [0.15, 0.2) is 23.5 Å². The second-order valence-electron chi connectivity index (χ2n) is 11.8. The van der Waals surface area contributed by atoms with Gasteiger partial charge in [-0.2, -0.15) is 0 Å². The van der Waals surface area contributed by atoms with Crippen molar-refractivity contribution >= 4 is 5.91 Å². The zero-order chi connectivity index (χ0) is 25.3. The zero-order valence-corrected chi connectivity index (χ0v) is 21.4. The molecule has 1 aromatic rings. The number of aromatic hydroxyl groups is 1. The molecule has 4 N–H and O–H groups in total. The van der Waals surface area contributed by atoms with Gasteiger partial charge in [-0.1, -0.05) is 6.07 Å². The number of nitrogens with one attached hydrogen (secondary N) is 1. The zero-order valence-electron chi connectivity index (χ0n) is 21.4. The summed E-state index contributed by atoms with van der Waals surface area (Å²) in [5, 5.41) is 37.3. The van der Waals surface area contributed by atoms with E-state index in [1.165, 1.54) is 12.8 Å². The van der Waals surface area contributed by atoms with Crippen LogP contribution in [0.25, 0.3) is 0 Å². The maximum atomic E-state index is 13.1. The molecule has 2 aliphatic heterocycles. The first-order valence-electron chi connectivity index (χ1n) is 12.6. The second kappa shape index (κ2) is 8.11. The minimum absolute atomic E-state index is 0.0172. The number of fused-ring (bicyclic) bond motifs is 1. The van der Waals surface area contributed by atoms with E-state index in [-0.39, 0.29) is 23.1 Å². The van der Waals surface area contributed by atoms with Crippen LogP contribution in [0.2, 0.25) is 0 Å². The van der Waals surface area contributed by atoms with E-state index < -0.39 is 28.6 Å². The first kappa shape index (κ1) is 24.4. The highest BCUT2D eigenvalue weighted by molar-refractivity contribution is 5.94. The maximum absolute atomic E-state index is 13.1. The van der Waals surface area contributed by atoms with Crippen molar-refractivity contribution in [1.29, 1.82) is 0 Å². The number of amides is 1. The third kappa shape index (κ3) is 3.64. The molecule has 1 amide bonds. The number of methoxy groups -OCH3 is 1. The molecule has 0 radical (unpaired) electrons. The Balaban J connectivity index is 1.58. The van der Waals surface area contributed by atoms with Crippen molar-refractivity contribution in [2.75, 3.05) is 26.8 Å². The predicted octanol–water partition coefficient (Wildman–Crippen LogP) is 2.56. The Morgan fingerprint density at radius 1 is 1.34 bits per heavy atom. The summed E-state index contributed by atoms with van der Waals surface area (Å²) >= 11 is 0. The molecule has 5 rings (SSSR count). The number of hydrogen-bond donors (Lipinski definition) is 4. The summed E-state index contributed by atoms with van der Waals surface area (Å²) in [6, 6.07) is 3.39. The van der Waals surface area contributed by atoms with Gasteiger partial charge >= 0.3 is 0 Å². The second-order valence-corrected chi connectivity index (χ2v) is 11.8. The highest BCUT2D eigenvalue weighted by Gasteiger charge is 2.69. The summed E-state index contributed by atoms with van der Waals surface area (Å²) < 4.78 is 11.5. The van der Waals surface area contributed by atoms with Crippen LogP contribution in [-0.2, 0) is 21.4 Å². The van der Waals surface area contributed by atoms with Gasteiger partial charge in [0.1, 0.15) is 5.76 Å². The summed E-state index contributed by atoms with van der Waals surface area (Å²) in [5.41, 5.74) is -0.931. The van der Waals surface area contributed by atoms with Crippen molar-refractivity contribution in [3.63, 3.8) is 0 Å². The fraction of sp³-hybridized carbons (Fsp3) is 0.667. The quantitative estimate of drug-likeness (QED) is 0.346. The lowest BCUT2D eigenvalue weighted by Gasteiger charge is -2.59. The number of hydrogen-bond acceptors (Lipinski definition) is 7. The van der Waals surface area contributed by atoms with E-state index in [1.54, 1.807) is 20.1 Å². The molecule has 35 heavy (non-hydrogen) atoms. The topological polar surface area (TPSA) is 111 Å². The molecule has 1 saturated heterocycles. The van der Waals surface area contributed by atoms with Gasteiger partial charge in [-0.25, -0.2) is 0 Å². The van der Waals surface area contributed by atoms with Crippen molar-refractivity contribution < 1.29 is 29.6 Å². The van der Waals surface area contributed by atoms with Crippen molar-refractivity contribution in [2.24, 2.45) is 5.92 Å². The van der Waals surface area contributed by atoms with E-state index >= 15 is 0 Å². The van der Waals surface area contributed by atoms with Gasteiger partial charge in [0.2, 0.25) is 0 Å². The Bertz CT molecular complexity index is 1080. The molecule has 192 valence electrons. The van der Waals surface area contributed by atoms with E-state index in [0.717, 1.165) is 24.2 Å². The van der Waals surface area contributed by atoms with Crippen molar-refractivity contribution in [1.82, 2.24) is 10.2 Å². The van der Waals surface area contributed by atoms with Crippen molar-refractivity contribution in [3.05, 3.63) is 34.6 Å². The number of likely N-dealkylation sites (tertiary alicyclic amines) is 1. The number of phenolic OH excluding ortho intramolecular Hbond substituents is 1. The van der Waals surface area contributed by atoms with E-state index in [1.807, 2.05) is 26.8 Å². The number of benzene rings is 1. The minimum Gasteiger partial charge on any atom is -0.508 e. The number of piperidine rings is 1. The van der Waals surface area contributed by atoms with E-state index in [0.29, 0.717) is 31.1 Å². The third-order valence-electron chi connectivity index (χ3n) is 8.67. The van der Waals surface area contributed by atoms with Gasteiger partial charge < -0.3 is 30.1 Å². The SMILES string of the molecule is COCC(C)(C)NC(=O)/C(C)=C(\O)[C@@H]1Oc2c(O)ccc3c2[C@@]12CCN(CC1CC1)[C@H](C3)[C@@]2(C)O. The van der Waals surface area contributed by atoms with Crippen LogP contribution in [0, 0.1) is 5.92 Å². The molecule has 2 bridgehead atoms. The monoisotopic (exact) mass is 486 g/mol. The van der Waals surface area contributed by atoms with E-state index in [4.69, 9.17) is 9.47 Å². The fourth-order valence-electron chi connectivity index (χ4n) is 6.68. The molecule has 0 aromatic heterocycles. The normalized spacial score (nSPS) is 32.5. The summed E-state index contributed by atoms with van der Waals surface area (Å²) in [5.74, 6) is 0.330. The van der Waals surface area contributed by atoms with Crippen LogP contribution in [0.5, 0.6) is 11.5 Å². The molecular weight excluding hydrogens is 448 g/mol. The van der Waals surface area contributed by atoms with Gasteiger partial charge in [0, 0.05) is 25.3 Å². The predicted molar refractivity (Wildman–Crippen MR) is 131 cm³/mol. The van der Waals surface area contributed by atoms with Crippen molar-refractivity contribution in [2.45, 2.75) is 82.1 Å². The molecule has 4 atom stereocenters. The molecule has 1 saturated carbocycles. The molecule has 1 spiro atoms. The Hall–Kier alpha value is -2.29. The Morgan fingerprint density at radius 3 is 2.71 bits per heavy atom. The molecule has 2 heterocycles. The summed E-state index contributed by atoms with van der Waals surface area (Å²) in [6.45, 7) is 9.11. The minimum atomic E-state index is -1.24. The van der Waals surface area contributed by atoms with Gasteiger partial charge in [-0.05, 0) is 77.5 Å². The van der Waals surface area contributed by atoms with Crippen LogP contribution in [-0.4, -0.2) is 76.2 Å². The number of nitrogens with zero attached hydrogens (tertiary/aromatic N) is 1. The van der Waals surface area contributed by atoms with Crippen LogP contribution >= 0.6 is 0 Å². The van der Waals surface area contributed by atoms with Gasteiger partial charge in [0.25, 0.3) is 5.91 Å². The third-order valence-corrected chi connectivity index (χ3v) is 8.67. The molecule has 1 aromatic carbocycles. The van der Waals surface area contributed by atoms with Gasteiger partial charge in [-0.3, -0.25) is 9.69 Å². The number of carbonyl (C=O) groups excluding carboxylic acids is 1. The molecule has 8 heteroatoms. The largest absolute Gasteiger partial charge is 0.508 e. The molecule has 2 fully saturated rings. The fourth-order valence-corrected chi connectivity index (χ4v) is 6.68. The highest BCUT2D eigenvalue weighted by Crippen LogP contribution is 2.63. The lowest BCUT2D eigenvalue weighted by atomic mass is 9.53. The number of rotatable bonds is 7. The van der Waals surface area contributed by atoms with E-state index in [2.05, 4.69) is 10.2 Å². The number of ether oxygens (including phenoxy) is 2. The molecule has 2 aliphatic carbocycles. The number of aliphatic hydroxyl groups is 2. The van der Waals surface area contributed by atoms with Crippen LogP contribution in [0.4, 0.5) is 0 Å². The average Bonchev–Trinajstić information content (AvgIpc) is 3.51. The first-order valence-corrected chi connectivity index (χ1v) is 12.6. The summed E-state index contributed by atoms with van der Waals surface area (Å²) in [6.07, 6.45) is 2.67. The first-order chi connectivity index (χ1) is 16.4. The van der Waals surface area contributed by atoms with E-state index in [9.17, 15) is 20.1 Å². The smallest absolute Gasteiger partial charge is 0.250 e. The lowest BCUT2D eigenvalue weighted by Crippen LogP contribution is -2.73. The average molecular weight is 487 g/mol. The van der Waals surface area contributed by atoms with Gasteiger partial charge in [0.15, 0.2) is 17.6 Å². The number of phenols is 1. The van der Waals surface area contributed by atoms with Gasteiger partial charge in [0.05, 0.1) is 28.7 Å². The standard InChI is InChI=1S/C27H38N2O6/c1-15(24(32)28-25(2,3)14-34-5)21(31)23-27-10-11-29(13-16-6-7-16)19(26(27,4)33)12-17-8-9-18(30)22(35-23)20(17)27/h8-9,16,19,23,30-31,33H,6-7,10-14H2,1-5H3,(H,28,32)/b21-15-/t19-,23+,26-,27+/m1/s1. The summed E-state index contributed by atoms with van der Waals surface area (Å²) in [4.78, 5) is 15.5. The molecule has 0 unspecified atom stereocenters. The molecular formula is C27H38N2O6. The van der Waals surface area contributed by atoms with Crippen LogP contribution in [0.3, 0.4) is 0 Å². The van der Waals surface area contributed by atoms with Crippen LogP contribution in [0.1, 0.15) is 58.1 Å². The maximum Gasteiger partial charge on any atom is 0.250 e. The highest BCUT2D eigenvalue weighted by atomic mass is 16.5. The lowest BCUT2D eigenvalue weighted by molar-refractivity contribution is -0.153. The van der Waals surface area contributed by atoms with Gasteiger partial charge in [-0.15, -0.1) is 0 Å². The number of carbonyl (C=O) groups is 1. The number of aliphatic hydroxyl groups excluding tert-OH is 1.